The average Bonchev–Trinajstić information content (AvgIpc) is 3.27. The molecule has 3 heterocycles. The average molecular weight is 347 g/mol. The van der Waals surface area contributed by atoms with Gasteiger partial charge in [0.05, 0.1) is 24.0 Å². The summed E-state index contributed by atoms with van der Waals surface area (Å²) in [4.78, 5) is 12.5. The summed E-state index contributed by atoms with van der Waals surface area (Å²) in [6, 6.07) is -0.423. The normalized spacial score (nSPS) is 21.3. The van der Waals surface area contributed by atoms with E-state index in [4.69, 9.17) is 9.26 Å². The number of carbonyl (C=O) groups is 1. The number of aryl methyl sites for hydroxylation is 3. The minimum absolute atomic E-state index is 0.0774. The SMILES string of the molecule is CC[C@@H](NC(=O)N[C@H]1CCO[C@@H]1c1cnn(C)c1)c1c(C)noc1C. The van der Waals surface area contributed by atoms with Crippen molar-refractivity contribution in [2.24, 2.45) is 7.05 Å². The molecule has 2 aromatic rings. The molecule has 2 amide bonds. The molecule has 0 spiro atoms. The molecular formula is C17H25N5O3. The molecule has 2 aromatic heterocycles. The number of nitrogens with one attached hydrogen (secondary N) is 2. The molecule has 8 heteroatoms. The Morgan fingerprint density at radius 2 is 2.28 bits per heavy atom. The van der Waals surface area contributed by atoms with E-state index >= 15 is 0 Å². The minimum atomic E-state index is -0.212. The maximum atomic E-state index is 12.5. The van der Waals surface area contributed by atoms with Crippen LogP contribution in [-0.2, 0) is 11.8 Å². The molecule has 0 bridgehead atoms. The first-order chi connectivity index (χ1) is 12.0. The summed E-state index contributed by atoms with van der Waals surface area (Å²) in [6.07, 6.45) is 5.06. The molecule has 1 aliphatic rings. The lowest BCUT2D eigenvalue weighted by Crippen LogP contribution is -2.44. The molecule has 8 nitrogen and oxygen atoms in total. The summed E-state index contributed by atoms with van der Waals surface area (Å²) < 4.78 is 12.7. The Hall–Kier alpha value is -2.35. The van der Waals surface area contributed by atoms with Gasteiger partial charge in [-0.2, -0.15) is 5.10 Å². The van der Waals surface area contributed by atoms with Crippen molar-refractivity contribution in [2.45, 2.75) is 51.8 Å². The van der Waals surface area contributed by atoms with Crippen molar-refractivity contribution in [3.8, 4) is 0 Å². The van der Waals surface area contributed by atoms with E-state index in [2.05, 4.69) is 20.9 Å². The van der Waals surface area contributed by atoms with E-state index in [1.54, 1.807) is 10.9 Å². The number of nitrogens with zero attached hydrogens (tertiary/aromatic N) is 3. The van der Waals surface area contributed by atoms with Gasteiger partial charge in [0.2, 0.25) is 0 Å². The molecule has 25 heavy (non-hydrogen) atoms. The van der Waals surface area contributed by atoms with E-state index < -0.39 is 0 Å². The molecule has 1 aliphatic heterocycles. The number of amides is 2. The summed E-state index contributed by atoms with van der Waals surface area (Å²) in [5.74, 6) is 0.738. The van der Waals surface area contributed by atoms with Gasteiger partial charge >= 0.3 is 6.03 Å². The van der Waals surface area contributed by atoms with Crippen LogP contribution in [0.4, 0.5) is 4.79 Å². The maximum absolute atomic E-state index is 12.5. The Labute approximate surface area is 146 Å². The van der Waals surface area contributed by atoms with Crippen molar-refractivity contribution in [3.05, 3.63) is 35.0 Å². The molecule has 0 aliphatic carbocycles. The van der Waals surface area contributed by atoms with Gasteiger partial charge in [0.15, 0.2) is 0 Å². The Balaban J connectivity index is 1.65. The second kappa shape index (κ2) is 7.26. The van der Waals surface area contributed by atoms with Gasteiger partial charge < -0.3 is 19.9 Å². The van der Waals surface area contributed by atoms with E-state index in [-0.39, 0.29) is 24.2 Å². The minimum Gasteiger partial charge on any atom is -0.371 e. The smallest absolute Gasteiger partial charge is 0.315 e. The third-order valence-corrected chi connectivity index (χ3v) is 4.61. The largest absolute Gasteiger partial charge is 0.371 e. The molecule has 3 atom stereocenters. The van der Waals surface area contributed by atoms with Gasteiger partial charge in [0.1, 0.15) is 11.9 Å². The Morgan fingerprint density at radius 1 is 1.48 bits per heavy atom. The summed E-state index contributed by atoms with van der Waals surface area (Å²) in [5.41, 5.74) is 2.73. The fraction of sp³-hybridized carbons (Fsp3) is 0.588. The zero-order chi connectivity index (χ0) is 18.0. The number of rotatable bonds is 5. The Kier molecular flexibility index (Phi) is 5.08. The van der Waals surface area contributed by atoms with Gasteiger partial charge in [-0.3, -0.25) is 4.68 Å². The molecule has 0 radical (unpaired) electrons. The monoisotopic (exact) mass is 347 g/mol. The van der Waals surface area contributed by atoms with Crippen LogP contribution in [0.1, 0.15) is 54.5 Å². The van der Waals surface area contributed by atoms with Crippen molar-refractivity contribution in [1.29, 1.82) is 0 Å². The fourth-order valence-electron chi connectivity index (χ4n) is 3.39. The lowest BCUT2D eigenvalue weighted by Gasteiger charge is -2.22. The standard InChI is InChI=1S/C17H25N5O3/c1-5-13(15-10(2)21-25-11(15)3)19-17(23)20-14-6-7-24-16(14)12-8-18-22(4)9-12/h8-9,13-14,16H,5-7H2,1-4H3,(H2,19,20,23)/t13-,14+,16-/m1/s1. The predicted molar refractivity (Wildman–Crippen MR) is 91.0 cm³/mol. The van der Waals surface area contributed by atoms with Crippen LogP contribution in [0, 0.1) is 13.8 Å². The van der Waals surface area contributed by atoms with E-state index in [1.807, 2.05) is 34.0 Å². The first-order valence-corrected chi connectivity index (χ1v) is 8.59. The third kappa shape index (κ3) is 3.68. The van der Waals surface area contributed by atoms with Crippen LogP contribution >= 0.6 is 0 Å². The van der Waals surface area contributed by atoms with Gasteiger partial charge in [-0.25, -0.2) is 4.79 Å². The van der Waals surface area contributed by atoms with Crippen molar-refractivity contribution in [1.82, 2.24) is 25.6 Å². The quantitative estimate of drug-likeness (QED) is 0.865. The van der Waals surface area contributed by atoms with Crippen LogP contribution in [0.5, 0.6) is 0 Å². The van der Waals surface area contributed by atoms with Crippen LogP contribution < -0.4 is 10.6 Å². The van der Waals surface area contributed by atoms with E-state index in [9.17, 15) is 4.79 Å². The van der Waals surface area contributed by atoms with Gasteiger partial charge in [0.25, 0.3) is 0 Å². The highest BCUT2D eigenvalue weighted by Gasteiger charge is 2.32. The number of ether oxygens (including phenoxy) is 1. The molecule has 0 aromatic carbocycles. The number of carbonyl (C=O) groups excluding carboxylic acids is 1. The number of aromatic nitrogens is 3. The topological polar surface area (TPSA) is 94.2 Å². The molecule has 2 N–H and O–H groups in total. The predicted octanol–water partition coefficient (Wildman–Crippen LogP) is 2.31. The second-order valence-corrected chi connectivity index (χ2v) is 6.45. The van der Waals surface area contributed by atoms with Crippen LogP contribution in [-0.4, -0.2) is 33.6 Å². The number of urea groups is 1. The maximum Gasteiger partial charge on any atom is 0.315 e. The first kappa shape index (κ1) is 17.5. The molecule has 1 saturated heterocycles. The lowest BCUT2D eigenvalue weighted by atomic mass is 10.0. The van der Waals surface area contributed by atoms with Crippen LogP contribution in [0.3, 0.4) is 0 Å². The molecule has 136 valence electrons. The van der Waals surface area contributed by atoms with Crippen molar-refractivity contribution in [3.63, 3.8) is 0 Å². The lowest BCUT2D eigenvalue weighted by molar-refractivity contribution is 0.0997. The Bertz CT molecular complexity index is 719. The van der Waals surface area contributed by atoms with Gasteiger partial charge in [-0.05, 0) is 26.7 Å². The van der Waals surface area contributed by atoms with E-state index in [1.165, 1.54) is 0 Å². The number of hydrogen-bond acceptors (Lipinski definition) is 5. The van der Waals surface area contributed by atoms with Crippen molar-refractivity contribution in [2.75, 3.05) is 6.61 Å². The highest BCUT2D eigenvalue weighted by atomic mass is 16.5. The van der Waals surface area contributed by atoms with Crippen molar-refractivity contribution < 1.29 is 14.1 Å². The van der Waals surface area contributed by atoms with E-state index in [0.717, 1.165) is 35.4 Å². The second-order valence-electron chi connectivity index (χ2n) is 6.45. The van der Waals surface area contributed by atoms with Gasteiger partial charge in [-0.15, -0.1) is 0 Å². The van der Waals surface area contributed by atoms with Crippen molar-refractivity contribution >= 4 is 6.03 Å². The summed E-state index contributed by atoms with van der Waals surface area (Å²) in [7, 11) is 1.86. The van der Waals surface area contributed by atoms with Crippen LogP contribution in [0.25, 0.3) is 0 Å². The summed E-state index contributed by atoms with van der Waals surface area (Å²) in [6.45, 7) is 6.39. The highest BCUT2D eigenvalue weighted by Crippen LogP contribution is 2.29. The zero-order valence-electron chi connectivity index (χ0n) is 15.1. The zero-order valence-corrected chi connectivity index (χ0v) is 15.1. The highest BCUT2D eigenvalue weighted by molar-refractivity contribution is 5.75. The molecule has 0 saturated carbocycles. The molecule has 3 rings (SSSR count). The fourth-order valence-corrected chi connectivity index (χ4v) is 3.39. The Morgan fingerprint density at radius 3 is 2.88 bits per heavy atom. The summed E-state index contributed by atoms with van der Waals surface area (Å²) in [5, 5.41) is 14.2. The first-order valence-electron chi connectivity index (χ1n) is 8.59. The molecule has 1 fully saturated rings. The third-order valence-electron chi connectivity index (χ3n) is 4.61. The molecular weight excluding hydrogens is 322 g/mol. The van der Waals surface area contributed by atoms with Crippen LogP contribution in [0.15, 0.2) is 16.9 Å². The van der Waals surface area contributed by atoms with Gasteiger partial charge in [0, 0.05) is 31.0 Å². The number of hydrogen-bond donors (Lipinski definition) is 2. The summed E-state index contributed by atoms with van der Waals surface area (Å²) >= 11 is 0. The molecule has 0 unspecified atom stereocenters. The van der Waals surface area contributed by atoms with Crippen LogP contribution in [0.2, 0.25) is 0 Å². The van der Waals surface area contributed by atoms with E-state index in [0.29, 0.717) is 6.61 Å². The van der Waals surface area contributed by atoms with Gasteiger partial charge in [-0.1, -0.05) is 12.1 Å².